The van der Waals surface area contributed by atoms with Crippen molar-refractivity contribution in [2.75, 3.05) is 6.54 Å². The van der Waals surface area contributed by atoms with E-state index in [1.54, 1.807) is 4.90 Å². The monoisotopic (exact) mass is 286 g/mol. The number of nitrogens with two attached hydrogens (primary N) is 1. The number of carbonyl (C=O) groups is 2. The van der Waals surface area contributed by atoms with Gasteiger partial charge in [-0.1, -0.05) is 23.4 Å². The summed E-state index contributed by atoms with van der Waals surface area (Å²) in [5.41, 5.74) is 3.84. The Bertz CT molecular complexity index is 695. The van der Waals surface area contributed by atoms with E-state index in [-0.39, 0.29) is 18.1 Å². The van der Waals surface area contributed by atoms with Crippen LogP contribution in [0.5, 0.6) is 0 Å². The molecule has 1 aliphatic rings. The molecule has 3 rings (SSSR count). The maximum atomic E-state index is 12.4. The van der Waals surface area contributed by atoms with Gasteiger partial charge in [-0.3, -0.25) is 15.0 Å². The number of nitrogen functional groups attached to an aromatic ring is 1. The Morgan fingerprint density at radius 3 is 3.05 bits per heavy atom. The third kappa shape index (κ3) is 2.50. The van der Waals surface area contributed by atoms with Gasteiger partial charge in [-0.25, -0.2) is 5.84 Å². The first-order chi connectivity index (χ1) is 10.2. The van der Waals surface area contributed by atoms with E-state index in [0.717, 1.165) is 12.0 Å². The van der Waals surface area contributed by atoms with Crippen LogP contribution in [0.2, 0.25) is 0 Å². The number of rotatable bonds is 3. The smallest absolute Gasteiger partial charge is 0.287 e. The topological polar surface area (TPSA) is 101 Å². The lowest BCUT2D eigenvalue weighted by atomic mass is 9.99. The molecular formula is C14H14N4O3. The van der Waals surface area contributed by atoms with Gasteiger partial charge < -0.3 is 9.42 Å². The Morgan fingerprint density at radius 2 is 2.24 bits per heavy atom. The maximum absolute atomic E-state index is 12.4. The molecule has 7 heteroatoms. The van der Waals surface area contributed by atoms with Crippen molar-refractivity contribution in [1.82, 2.24) is 15.5 Å². The summed E-state index contributed by atoms with van der Waals surface area (Å²) in [6, 6.07) is 9.03. The fourth-order valence-electron chi connectivity index (χ4n) is 2.38. The van der Waals surface area contributed by atoms with Crippen molar-refractivity contribution in [3.8, 4) is 0 Å². The molecule has 1 aromatic heterocycles. The maximum Gasteiger partial charge on any atom is 0.287 e. The molecule has 21 heavy (non-hydrogen) atoms. The standard InChI is InChI=1S/C14H14N4O3/c15-16-13(19)12-7-10(21-17-12)8-18-6-5-9-3-1-2-4-11(9)14(18)20/h1-4,7H,5-6,8,15H2,(H,16,19). The molecule has 0 unspecified atom stereocenters. The van der Waals surface area contributed by atoms with Gasteiger partial charge in [0.2, 0.25) is 0 Å². The van der Waals surface area contributed by atoms with Crippen molar-refractivity contribution < 1.29 is 14.1 Å². The first-order valence-corrected chi connectivity index (χ1v) is 6.53. The Labute approximate surface area is 120 Å². The third-order valence-electron chi connectivity index (χ3n) is 3.46. The van der Waals surface area contributed by atoms with E-state index < -0.39 is 5.91 Å². The highest BCUT2D eigenvalue weighted by atomic mass is 16.5. The normalized spacial score (nSPS) is 14.0. The third-order valence-corrected chi connectivity index (χ3v) is 3.46. The van der Waals surface area contributed by atoms with Gasteiger partial charge in [-0.05, 0) is 18.1 Å². The lowest BCUT2D eigenvalue weighted by Crippen LogP contribution is -2.36. The summed E-state index contributed by atoms with van der Waals surface area (Å²) < 4.78 is 5.07. The van der Waals surface area contributed by atoms with E-state index in [1.807, 2.05) is 29.7 Å². The van der Waals surface area contributed by atoms with Crippen LogP contribution in [0.15, 0.2) is 34.9 Å². The van der Waals surface area contributed by atoms with Crippen molar-refractivity contribution in [3.05, 3.63) is 52.9 Å². The van der Waals surface area contributed by atoms with Crippen molar-refractivity contribution in [3.63, 3.8) is 0 Å². The minimum atomic E-state index is -0.527. The van der Waals surface area contributed by atoms with Gasteiger partial charge in [0.25, 0.3) is 11.8 Å². The Morgan fingerprint density at radius 1 is 1.43 bits per heavy atom. The lowest BCUT2D eigenvalue weighted by molar-refractivity contribution is 0.0710. The summed E-state index contributed by atoms with van der Waals surface area (Å²) >= 11 is 0. The largest absolute Gasteiger partial charge is 0.359 e. The second-order valence-electron chi connectivity index (χ2n) is 4.79. The highest BCUT2D eigenvalue weighted by Gasteiger charge is 2.25. The molecule has 0 saturated carbocycles. The van der Waals surface area contributed by atoms with Gasteiger partial charge in [0, 0.05) is 18.2 Å². The van der Waals surface area contributed by atoms with Crippen molar-refractivity contribution in [2.24, 2.45) is 5.84 Å². The van der Waals surface area contributed by atoms with Crippen LogP contribution in [-0.4, -0.2) is 28.4 Å². The predicted molar refractivity (Wildman–Crippen MR) is 73.0 cm³/mol. The van der Waals surface area contributed by atoms with Crippen LogP contribution in [0, 0.1) is 0 Å². The average molecular weight is 286 g/mol. The number of hydrazine groups is 1. The molecule has 7 nitrogen and oxygen atoms in total. The number of amides is 2. The number of nitrogens with one attached hydrogen (secondary N) is 1. The predicted octanol–water partition coefficient (Wildman–Crippen LogP) is 0.477. The van der Waals surface area contributed by atoms with Crippen molar-refractivity contribution >= 4 is 11.8 Å². The van der Waals surface area contributed by atoms with E-state index >= 15 is 0 Å². The molecule has 2 amide bonds. The summed E-state index contributed by atoms with van der Waals surface area (Å²) in [6.07, 6.45) is 0.798. The molecule has 2 aromatic rings. The van der Waals surface area contributed by atoms with Crippen LogP contribution in [0.25, 0.3) is 0 Å². The zero-order valence-electron chi connectivity index (χ0n) is 11.2. The fourth-order valence-corrected chi connectivity index (χ4v) is 2.38. The fraction of sp³-hybridized carbons (Fsp3) is 0.214. The highest BCUT2D eigenvalue weighted by molar-refractivity contribution is 5.96. The number of fused-ring (bicyclic) bond motifs is 1. The summed E-state index contributed by atoms with van der Waals surface area (Å²) in [7, 11) is 0. The van der Waals surface area contributed by atoms with Gasteiger partial charge in [0.15, 0.2) is 11.5 Å². The minimum absolute atomic E-state index is 0.0434. The second kappa shape index (κ2) is 5.37. The highest BCUT2D eigenvalue weighted by Crippen LogP contribution is 2.20. The molecule has 1 aromatic carbocycles. The van der Waals surface area contributed by atoms with Gasteiger partial charge >= 0.3 is 0 Å². The quantitative estimate of drug-likeness (QED) is 0.485. The molecule has 0 radical (unpaired) electrons. The Kier molecular flexibility index (Phi) is 3.41. The first kappa shape index (κ1) is 13.3. The second-order valence-corrected chi connectivity index (χ2v) is 4.79. The van der Waals surface area contributed by atoms with E-state index in [4.69, 9.17) is 10.4 Å². The number of hydrogen-bond acceptors (Lipinski definition) is 5. The summed E-state index contributed by atoms with van der Waals surface area (Å²) in [5.74, 6) is 4.90. The van der Waals surface area contributed by atoms with E-state index in [0.29, 0.717) is 17.9 Å². The SMILES string of the molecule is NNC(=O)c1cc(CN2CCc3ccccc3C2=O)on1. The molecule has 0 fully saturated rings. The lowest BCUT2D eigenvalue weighted by Gasteiger charge is -2.27. The molecule has 0 aliphatic carbocycles. The van der Waals surface area contributed by atoms with Crippen LogP contribution >= 0.6 is 0 Å². The summed E-state index contributed by atoms with van der Waals surface area (Å²) in [6.45, 7) is 0.882. The number of aromatic nitrogens is 1. The Balaban J connectivity index is 1.76. The number of nitrogens with zero attached hydrogens (tertiary/aromatic N) is 2. The number of carbonyl (C=O) groups excluding carboxylic acids is 2. The van der Waals surface area contributed by atoms with Crippen LogP contribution < -0.4 is 11.3 Å². The van der Waals surface area contributed by atoms with E-state index in [9.17, 15) is 9.59 Å². The Hall–Kier alpha value is -2.67. The van der Waals surface area contributed by atoms with Gasteiger partial charge in [-0.15, -0.1) is 0 Å². The number of benzene rings is 1. The molecule has 0 saturated heterocycles. The van der Waals surface area contributed by atoms with Crippen LogP contribution in [0.4, 0.5) is 0 Å². The summed E-state index contributed by atoms with van der Waals surface area (Å²) in [4.78, 5) is 25.4. The van der Waals surface area contributed by atoms with Gasteiger partial charge in [0.05, 0.1) is 6.54 Å². The molecule has 3 N–H and O–H groups in total. The zero-order valence-corrected chi connectivity index (χ0v) is 11.2. The van der Waals surface area contributed by atoms with Gasteiger partial charge in [-0.2, -0.15) is 0 Å². The molecule has 108 valence electrons. The zero-order chi connectivity index (χ0) is 14.8. The van der Waals surface area contributed by atoms with Crippen molar-refractivity contribution in [1.29, 1.82) is 0 Å². The average Bonchev–Trinajstić information content (AvgIpc) is 2.98. The van der Waals surface area contributed by atoms with E-state index in [1.165, 1.54) is 6.07 Å². The van der Waals surface area contributed by atoms with Gasteiger partial charge in [0.1, 0.15) is 0 Å². The molecule has 0 atom stereocenters. The molecule has 0 bridgehead atoms. The molecule has 2 heterocycles. The van der Waals surface area contributed by atoms with Crippen LogP contribution in [0.3, 0.4) is 0 Å². The summed E-state index contributed by atoms with van der Waals surface area (Å²) in [5, 5.41) is 3.62. The number of hydrogen-bond donors (Lipinski definition) is 2. The molecule has 0 spiro atoms. The van der Waals surface area contributed by atoms with Crippen LogP contribution in [-0.2, 0) is 13.0 Å². The van der Waals surface area contributed by atoms with Crippen LogP contribution in [0.1, 0.15) is 32.2 Å². The molecular weight excluding hydrogens is 272 g/mol. The molecule has 1 aliphatic heterocycles. The first-order valence-electron chi connectivity index (χ1n) is 6.53. The van der Waals surface area contributed by atoms with Crippen molar-refractivity contribution in [2.45, 2.75) is 13.0 Å². The van der Waals surface area contributed by atoms with E-state index in [2.05, 4.69) is 5.16 Å². The minimum Gasteiger partial charge on any atom is -0.359 e.